The molecule has 1 rings (SSSR count). The largest absolute Gasteiger partial charge is 0.126 e. The van der Waals surface area contributed by atoms with Crippen LogP contribution in [0.2, 0.25) is 0 Å². The van der Waals surface area contributed by atoms with Gasteiger partial charge in [0, 0.05) is 5.88 Å². The average molecular weight is 211 g/mol. The number of benzene rings is 1. The predicted molar refractivity (Wildman–Crippen MR) is 63.8 cm³/mol. The zero-order valence-electron chi connectivity index (χ0n) is 9.26. The molecule has 78 valence electrons. The van der Waals surface area contributed by atoms with Crippen LogP contribution in [0.3, 0.4) is 0 Å². The molecule has 0 aliphatic carbocycles. The monoisotopic (exact) mass is 210 g/mol. The lowest BCUT2D eigenvalue weighted by Crippen LogP contribution is -2.28. The summed E-state index contributed by atoms with van der Waals surface area (Å²) < 4.78 is 0. The molecule has 0 bridgehead atoms. The van der Waals surface area contributed by atoms with Crippen LogP contribution in [0.5, 0.6) is 0 Å². The highest BCUT2D eigenvalue weighted by Gasteiger charge is 2.27. The Bertz CT molecular complexity index is 266. The Labute approximate surface area is 92.3 Å². The molecule has 0 aromatic heterocycles. The lowest BCUT2D eigenvalue weighted by molar-refractivity contribution is 0.253. The van der Waals surface area contributed by atoms with Crippen LogP contribution in [0, 0.1) is 11.3 Å². The molecule has 1 atom stereocenters. The van der Waals surface area contributed by atoms with Gasteiger partial charge < -0.3 is 0 Å². The van der Waals surface area contributed by atoms with E-state index in [2.05, 4.69) is 51.1 Å². The van der Waals surface area contributed by atoms with Crippen LogP contribution < -0.4 is 0 Å². The summed E-state index contributed by atoms with van der Waals surface area (Å²) in [6.45, 7) is 6.74. The maximum absolute atomic E-state index is 6.05. The third-order valence-electron chi connectivity index (χ3n) is 3.15. The second-order valence-corrected chi connectivity index (χ2v) is 4.87. The van der Waals surface area contributed by atoms with E-state index in [1.165, 1.54) is 5.56 Å². The Morgan fingerprint density at radius 2 is 1.79 bits per heavy atom. The molecule has 0 saturated carbocycles. The van der Waals surface area contributed by atoms with Gasteiger partial charge >= 0.3 is 0 Å². The first kappa shape index (κ1) is 11.6. The summed E-state index contributed by atoms with van der Waals surface area (Å²) >= 11 is 6.05. The Kier molecular flexibility index (Phi) is 4.00. The lowest BCUT2D eigenvalue weighted by Gasteiger charge is -2.31. The van der Waals surface area contributed by atoms with Crippen LogP contribution in [0.1, 0.15) is 26.3 Å². The van der Waals surface area contributed by atoms with E-state index < -0.39 is 0 Å². The standard InChI is InChI=1S/C13H19Cl/c1-11(2)13(3,10-14)9-12-7-5-4-6-8-12/h4-8,11H,9-10H2,1-3H3. The van der Waals surface area contributed by atoms with Crippen molar-refractivity contribution in [2.45, 2.75) is 27.2 Å². The van der Waals surface area contributed by atoms with Gasteiger partial charge in [0.05, 0.1) is 0 Å². The van der Waals surface area contributed by atoms with Crippen molar-refractivity contribution >= 4 is 11.6 Å². The number of hydrogen-bond donors (Lipinski definition) is 0. The third kappa shape index (κ3) is 2.75. The first-order valence-corrected chi connectivity index (χ1v) is 5.72. The Hall–Kier alpha value is -0.490. The molecule has 1 aromatic rings. The highest BCUT2D eigenvalue weighted by atomic mass is 35.5. The van der Waals surface area contributed by atoms with Gasteiger partial charge in [0.25, 0.3) is 0 Å². The summed E-state index contributed by atoms with van der Waals surface area (Å²) in [6, 6.07) is 10.6. The molecule has 1 aromatic carbocycles. The van der Waals surface area contributed by atoms with Crippen molar-refractivity contribution in [2.75, 3.05) is 5.88 Å². The van der Waals surface area contributed by atoms with E-state index in [-0.39, 0.29) is 5.41 Å². The molecule has 0 N–H and O–H groups in total. The van der Waals surface area contributed by atoms with E-state index in [0.29, 0.717) is 5.92 Å². The number of rotatable bonds is 4. The first-order valence-electron chi connectivity index (χ1n) is 5.18. The minimum absolute atomic E-state index is 0.211. The summed E-state index contributed by atoms with van der Waals surface area (Å²) in [6.07, 6.45) is 1.06. The van der Waals surface area contributed by atoms with Gasteiger partial charge in [-0.2, -0.15) is 0 Å². The van der Waals surface area contributed by atoms with Crippen LogP contribution in [-0.2, 0) is 6.42 Å². The summed E-state index contributed by atoms with van der Waals surface area (Å²) in [5.74, 6) is 1.33. The molecule has 0 radical (unpaired) electrons. The Morgan fingerprint density at radius 3 is 2.21 bits per heavy atom. The molecule has 0 aliphatic rings. The van der Waals surface area contributed by atoms with Crippen LogP contribution in [-0.4, -0.2) is 5.88 Å². The molecule has 1 heteroatoms. The van der Waals surface area contributed by atoms with Gasteiger partial charge in [-0.3, -0.25) is 0 Å². The Balaban J connectivity index is 2.76. The summed E-state index contributed by atoms with van der Waals surface area (Å²) in [4.78, 5) is 0. The van der Waals surface area contributed by atoms with Crippen LogP contribution in [0.4, 0.5) is 0 Å². The molecular weight excluding hydrogens is 192 g/mol. The second kappa shape index (κ2) is 4.84. The van der Waals surface area contributed by atoms with Crippen molar-refractivity contribution in [2.24, 2.45) is 11.3 Å². The number of hydrogen-bond acceptors (Lipinski definition) is 0. The predicted octanol–water partition coefficient (Wildman–Crippen LogP) is 4.13. The van der Waals surface area contributed by atoms with Gasteiger partial charge in [0.1, 0.15) is 0 Å². The summed E-state index contributed by atoms with van der Waals surface area (Å²) in [5, 5.41) is 0. The fourth-order valence-electron chi connectivity index (χ4n) is 1.47. The van der Waals surface area contributed by atoms with Gasteiger partial charge in [0.15, 0.2) is 0 Å². The molecule has 14 heavy (non-hydrogen) atoms. The van der Waals surface area contributed by atoms with Crippen molar-refractivity contribution in [1.29, 1.82) is 0 Å². The van der Waals surface area contributed by atoms with Gasteiger partial charge in [-0.1, -0.05) is 51.1 Å². The molecule has 1 unspecified atom stereocenters. The minimum Gasteiger partial charge on any atom is -0.126 e. The fraction of sp³-hybridized carbons (Fsp3) is 0.538. The van der Waals surface area contributed by atoms with Gasteiger partial charge in [0.2, 0.25) is 0 Å². The summed E-state index contributed by atoms with van der Waals surface area (Å²) in [5.41, 5.74) is 1.59. The molecule has 0 saturated heterocycles. The van der Waals surface area contributed by atoms with Crippen molar-refractivity contribution in [1.82, 2.24) is 0 Å². The smallest absolute Gasteiger partial charge is 0.0282 e. The van der Waals surface area contributed by atoms with Crippen molar-refractivity contribution in [3.05, 3.63) is 35.9 Å². The molecule has 0 aliphatic heterocycles. The quantitative estimate of drug-likeness (QED) is 0.656. The molecule has 0 amide bonds. The van der Waals surface area contributed by atoms with Crippen molar-refractivity contribution in [3.8, 4) is 0 Å². The van der Waals surface area contributed by atoms with E-state index in [0.717, 1.165) is 12.3 Å². The molecule has 0 fully saturated rings. The Morgan fingerprint density at radius 1 is 1.21 bits per heavy atom. The highest BCUT2D eigenvalue weighted by molar-refractivity contribution is 6.18. The van der Waals surface area contributed by atoms with Gasteiger partial charge in [-0.05, 0) is 23.3 Å². The van der Waals surface area contributed by atoms with Crippen molar-refractivity contribution in [3.63, 3.8) is 0 Å². The lowest BCUT2D eigenvalue weighted by atomic mass is 9.76. The maximum Gasteiger partial charge on any atom is 0.0282 e. The minimum atomic E-state index is 0.211. The maximum atomic E-state index is 6.05. The normalized spacial score (nSPS) is 15.5. The third-order valence-corrected chi connectivity index (χ3v) is 3.76. The SMILES string of the molecule is CC(C)C(C)(CCl)Cc1ccccc1. The zero-order valence-corrected chi connectivity index (χ0v) is 10.0. The summed E-state index contributed by atoms with van der Waals surface area (Å²) in [7, 11) is 0. The zero-order chi connectivity index (χ0) is 10.6. The van der Waals surface area contributed by atoms with E-state index >= 15 is 0 Å². The number of halogens is 1. The molecule has 0 nitrogen and oxygen atoms in total. The second-order valence-electron chi connectivity index (χ2n) is 4.60. The topological polar surface area (TPSA) is 0 Å². The molecule has 0 heterocycles. The van der Waals surface area contributed by atoms with E-state index in [1.807, 2.05) is 0 Å². The fourth-order valence-corrected chi connectivity index (χ4v) is 1.87. The van der Waals surface area contributed by atoms with E-state index in [9.17, 15) is 0 Å². The van der Waals surface area contributed by atoms with E-state index in [1.54, 1.807) is 0 Å². The number of alkyl halides is 1. The van der Waals surface area contributed by atoms with Crippen LogP contribution in [0.25, 0.3) is 0 Å². The van der Waals surface area contributed by atoms with Crippen molar-refractivity contribution < 1.29 is 0 Å². The highest BCUT2D eigenvalue weighted by Crippen LogP contribution is 2.32. The average Bonchev–Trinajstić information content (AvgIpc) is 2.19. The van der Waals surface area contributed by atoms with Gasteiger partial charge in [-0.15, -0.1) is 11.6 Å². The first-order chi connectivity index (χ1) is 6.58. The van der Waals surface area contributed by atoms with Crippen LogP contribution >= 0.6 is 11.6 Å². The van der Waals surface area contributed by atoms with E-state index in [4.69, 9.17) is 11.6 Å². The molecule has 0 spiro atoms. The molecular formula is C13H19Cl. The van der Waals surface area contributed by atoms with Gasteiger partial charge in [-0.25, -0.2) is 0 Å². The van der Waals surface area contributed by atoms with Crippen LogP contribution in [0.15, 0.2) is 30.3 Å².